The summed E-state index contributed by atoms with van der Waals surface area (Å²) in [5.74, 6) is 0. The summed E-state index contributed by atoms with van der Waals surface area (Å²) in [7, 11) is 0. The molecule has 0 aliphatic carbocycles. The van der Waals surface area contributed by atoms with Gasteiger partial charge in [-0.2, -0.15) is 0 Å². The summed E-state index contributed by atoms with van der Waals surface area (Å²) < 4.78 is 31.4. The number of benzene rings is 1. The number of anilines is 2. The lowest BCUT2D eigenvalue weighted by atomic mass is 10.0. The molecule has 1 aliphatic heterocycles. The molecule has 2 aromatic rings. The zero-order chi connectivity index (χ0) is 15.7. The van der Waals surface area contributed by atoms with Crippen LogP contribution in [0, 0.1) is 0 Å². The van der Waals surface area contributed by atoms with Crippen LogP contribution in [0.1, 0.15) is 31.8 Å². The van der Waals surface area contributed by atoms with Crippen molar-refractivity contribution in [3.05, 3.63) is 30.0 Å². The molecular weight excluding hydrogens is 288 g/mol. The molecule has 6 heteroatoms. The monoisotopic (exact) mass is 307 g/mol. The third-order valence-corrected chi connectivity index (χ3v) is 4.01. The number of nitrogens with two attached hydrogens (primary N) is 1. The fourth-order valence-corrected chi connectivity index (χ4v) is 2.86. The Hall–Kier alpha value is -1.95. The van der Waals surface area contributed by atoms with E-state index in [4.69, 9.17) is 10.5 Å². The molecule has 118 valence electrons. The lowest BCUT2D eigenvalue weighted by Crippen LogP contribution is -2.32. The Kier molecular flexibility index (Phi) is 4.11. The number of ether oxygens (including phenoxy) is 1. The highest BCUT2D eigenvalue weighted by molar-refractivity contribution is 5.97. The maximum Gasteiger partial charge on any atom is 0.263 e. The fraction of sp³-hybridized carbons (Fsp3) is 0.438. The first-order valence-electron chi connectivity index (χ1n) is 7.39. The Bertz CT molecular complexity index is 678. The van der Waals surface area contributed by atoms with Crippen LogP contribution >= 0.6 is 0 Å². The van der Waals surface area contributed by atoms with E-state index >= 15 is 0 Å². The van der Waals surface area contributed by atoms with Gasteiger partial charge in [-0.1, -0.05) is 6.07 Å². The molecule has 1 aliphatic rings. The third-order valence-electron chi connectivity index (χ3n) is 4.01. The van der Waals surface area contributed by atoms with Crippen molar-refractivity contribution in [3.63, 3.8) is 0 Å². The number of aromatic nitrogens is 1. The normalized spacial score (nSPS) is 22.2. The van der Waals surface area contributed by atoms with Crippen molar-refractivity contribution >= 4 is 22.3 Å². The summed E-state index contributed by atoms with van der Waals surface area (Å²) >= 11 is 0. The molecule has 22 heavy (non-hydrogen) atoms. The van der Waals surface area contributed by atoms with Gasteiger partial charge in [0.2, 0.25) is 0 Å². The Morgan fingerprint density at radius 3 is 2.95 bits per heavy atom. The predicted molar refractivity (Wildman–Crippen MR) is 83.2 cm³/mol. The van der Waals surface area contributed by atoms with Gasteiger partial charge in [0, 0.05) is 23.6 Å². The second-order valence-corrected chi connectivity index (χ2v) is 5.71. The van der Waals surface area contributed by atoms with Gasteiger partial charge in [-0.25, -0.2) is 8.78 Å². The topological polar surface area (TPSA) is 60.2 Å². The highest BCUT2D eigenvalue weighted by Crippen LogP contribution is 2.33. The van der Waals surface area contributed by atoms with Crippen LogP contribution in [0.15, 0.2) is 24.4 Å². The zero-order valence-electron chi connectivity index (χ0n) is 12.4. The minimum atomic E-state index is -2.51. The molecule has 3 rings (SSSR count). The number of pyridine rings is 1. The summed E-state index contributed by atoms with van der Waals surface area (Å²) in [6.45, 7) is 2.71. The highest BCUT2D eigenvalue weighted by atomic mass is 19.3. The number of fused-ring (bicyclic) bond motifs is 1. The first kappa shape index (κ1) is 15.0. The second-order valence-electron chi connectivity index (χ2n) is 5.71. The summed E-state index contributed by atoms with van der Waals surface area (Å²) in [5.41, 5.74) is 7.81. The molecule has 0 amide bonds. The molecule has 1 aromatic carbocycles. The van der Waals surface area contributed by atoms with Gasteiger partial charge >= 0.3 is 0 Å². The van der Waals surface area contributed by atoms with Gasteiger partial charge < -0.3 is 15.8 Å². The van der Waals surface area contributed by atoms with Gasteiger partial charge in [0.05, 0.1) is 29.2 Å². The van der Waals surface area contributed by atoms with E-state index in [1.165, 1.54) is 12.1 Å². The van der Waals surface area contributed by atoms with Crippen LogP contribution in [-0.4, -0.2) is 23.7 Å². The van der Waals surface area contributed by atoms with Crippen molar-refractivity contribution in [2.75, 3.05) is 17.7 Å². The molecule has 3 N–H and O–H groups in total. The van der Waals surface area contributed by atoms with E-state index in [9.17, 15) is 8.78 Å². The lowest BCUT2D eigenvalue weighted by Gasteiger charge is -2.29. The lowest BCUT2D eigenvalue weighted by molar-refractivity contribution is 0.0232. The second kappa shape index (κ2) is 6.04. The predicted octanol–water partition coefficient (Wildman–Crippen LogP) is 3.73. The summed E-state index contributed by atoms with van der Waals surface area (Å²) in [6, 6.07) is 4.69. The van der Waals surface area contributed by atoms with Gasteiger partial charge in [0.15, 0.2) is 0 Å². The number of nitrogens with zero attached hydrogens (tertiary/aromatic N) is 1. The Balaban J connectivity index is 1.99. The third kappa shape index (κ3) is 2.97. The number of hydrogen-bond acceptors (Lipinski definition) is 4. The average molecular weight is 307 g/mol. The van der Waals surface area contributed by atoms with Gasteiger partial charge in [-0.15, -0.1) is 0 Å². The Morgan fingerprint density at radius 1 is 1.41 bits per heavy atom. The van der Waals surface area contributed by atoms with Gasteiger partial charge in [-0.3, -0.25) is 4.98 Å². The van der Waals surface area contributed by atoms with Crippen LogP contribution in [0.25, 0.3) is 10.9 Å². The average Bonchev–Trinajstić information content (AvgIpc) is 2.49. The van der Waals surface area contributed by atoms with Crippen molar-refractivity contribution in [1.29, 1.82) is 0 Å². The SMILES string of the molecule is C[C@@H]1C[C@H](Nc2c(N)cnc3ccc(C(F)F)cc23)CCO1. The molecule has 0 unspecified atom stereocenters. The molecule has 1 aromatic heterocycles. The molecule has 0 spiro atoms. The van der Waals surface area contributed by atoms with E-state index in [0.29, 0.717) is 28.9 Å². The van der Waals surface area contributed by atoms with E-state index in [-0.39, 0.29) is 17.7 Å². The summed E-state index contributed by atoms with van der Waals surface area (Å²) in [4.78, 5) is 4.22. The molecule has 2 heterocycles. The van der Waals surface area contributed by atoms with Crippen molar-refractivity contribution < 1.29 is 13.5 Å². The number of hydrogen-bond donors (Lipinski definition) is 2. The molecule has 1 fully saturated rings. The van der Waals surface area contributed by atoms with E-state index in [0.717, 1.165) is 12.8 Å². The van der Waals surface area contributed by atoms with Gasteiger partial charge in [0.1, 0.15) is 0 Å². The van der Waals surface area contributed by atoms with Gasteiger partial charge in [-0.05, 0) is 31.9 Å². The van der Waals surface area contributed by atoms with Crippen molar-refractivity contribution in [3.8, 4) is 0 Å². The van der Waals surface area contributed by atoms with Crippen LogP contribution < -0.4 is 11.1 Å². The molecule has 1 saturated heterocycles. The molecule has 4 nitrogen and oxygen atoms in total. The zero-order valence-corrected chi connectivity index (χ0v) is 12.4. The Labute approximate surface area is 127 Å². The van der Waals surface area contributed by atoms with Crippen molar-refractivity contribution in [2.45, 2.75) is 38.3 Å². The van der Waals surface area contributed by atoms with Crippen LogP contribution in [0.4, 0.5) is 20.2 Å². The quantitative estimate of drug-likeness (QED) is 0.907. The van der Waals surface area contributed by atoms with E-state index in [1.807, 2.05) is 6.92 Å². The summed E-state index contributed by atoms with van der Waals surface area (Å²) in [5, 5.41) is 4.03. The minimum Gasteiger partial charge on any atom is -0.396 e. The maximum atomic E-state index is 12.9. The number of halogens is 2. The van der Waals surface area contributed by atoms with E-state index < -0.39 is 6.43 Å². The summed E-state index contributed by atoms with van der Waals surface area (Å²) in [6.07, 6.45) is 0.953. The highest BCUT2D eigenvalue weighted by Gasteiger charge is 2.21. The fourth-order valence-electron chi connectivity index (χ4n) is 2.86. The molecule has 2 atom stereocenters. The van der Waals surface area contributed by atoms with Crippen molar-refractivity contribution in [2.24, 2.45) is 0 Å². The number of alkyl halides is 2. The maximum absolute atomic E-state index is 12.9. The first-order valence-corrected chi connectivity index (χ1v) is 7.39. The first-order chi connectivity index (χ1) is 10.5. The van der Waals surface area contributed by atoms with Crippen LogP contribution in [0.5, 0.6) is 0 Å². The van der Waals surface area contributed by atoms with Crippen LogP contribution in [-0.2, 0) is 4.74 Å². The standard InChI is InChI=1S/C16H19F2N3O/c1-9-6-11(4-5-22-9)21-15-12-7-10(16(17)18)2-3-14(12)20-8-13(15)19/h2-3,7-9,11,16H,4-6,19H2,1H3,(H,20,21)/t9-,11-/m1/s1. The number of nitrogens with one attached hydrogen (secondary N) is 1. The van der Waals surface area contributed by atoms with Crippen molar-refractivity contribution in [1.82, 2.24) is 4.98 Å². The van der Waals surface area contributed by atoms with E-state index in [1.54, 1.807) is 12.3 Å². The molecular formula is C16H19F2N3O. The molecule has 0 bridgehead atoms. The number of rotatable bonds is 3. The Morgan fingerprint density at radius 2 is 2.23 bits per heavy atom. The van der Waals surface area contributed by atoms with E-state index in [2.05, 4.69) is 10.3 Å². The number of nitrogen functional groups attached to an aromatic ring is 1. The largest absolute Gasteiger partial charge is 0.396 e. The van der Waals surface area contributed by atoms with Gasteiger partial charge in [0.25, 0.3) is 6.43 Å². The molecule has 0 saturated carbocycles. The van der Waals surface area contributed by atoms with Crippen LogP contribution in [0.3, 0.4) is 0 Å². The van der Waals surface area contributed by atoms with Crippen LogP contribution in [0.2, 0.25) is 0 Å². The minimum absolute atomic E-state index is 0.0247. The molecule has 0 radical (unpaired) electrons. The smallest absolute Gasteiger partial charge is 0.263 e.